The molecular formula is C18H29N5. The SMILES string of the molecule is CN1C=CN(CCN(C)CCN2CCCc3ccc(N)cc32)C1. The second-order valence-corrected chi connectivity index (χ2v) is 6.79. The van der Waals surface area contributed by atoms with E-state index in [-0.39, 0.29) is 0 Å². The molecule has 0 saturated carbocycles. The van der Waals surface area contributed by atoms with Crippen molar-refractivity contribution in [2.24, 2.45) is 0 Å². The fourth-order valence-electron chi connectivity index (χ4n) is 3.34. The van der Waals surface area contributed by atoms with E-state index in [0.717, 1.165) is 45.1 Å². The molecule has 0 spiro atoms. The van der Waals surface area contributed by atoms with Gasteiger partial charge >= 0.3 is 0 Å². The highest BCUT2D eigenvalue weighted by atomic mass is 15.3. The van der Waals surface area contributed by atoms with Crippen LogP contribution in [-0.4, -0.2) is 68.2 Å². The van der Waals surface area contributed by atoms with E-state index >= 15 is 0 Å². The molecule has 0 radical (unpaired) electrons. The summed E-state index contributed by atoms with van der Waals surface area (Å²) in [4.78, 5) is 9.48. The van der Waals surface area contributed by atoms with Crippen LogP contribution in [0.1, 0.15) is 12.0 Å². The summed E-state index contributed by atoms with van der Waals surface area (Å²) in [5.41, 5.74) is 9.63. The summed E-state index contributed by atoms with van der Waals surface area (Å²) in [5.74, 6) is 0. The molecule has 0 amide bonds. The number of nitrogens with zero attached hydrogens (tertiary/aromatic N) is 4. The number of nitrogens with two attached hydrogens (primary N) is 1. The summed E-state index contributed by atoms with van der Waals surface area (Å²) >= 11 is 0. The molecule has 0 aliphatic carbocycles. The maximum Gasteiger partial charge on any atom is 0.0891 e. The Hall–Kier alpha value is -1.88. The van der Waals surface area contributed by atoms with Gasteiger partial charge in [0.25, 0.3) is 0 Å². The maximum atomic E-state index is 5.98. The zero-order chi connectivity index (χ0) is 16.2. The molecule has 1 aromatic carbocycles. The Morgan fingerprint density at radius 3 is 2.78 bits per heavy atom. The van der Waals surface area contributed by atoms with Crippen molar-refractivity contribution >= 4 is 11.4 Å². The number of hydrogen-bond acceptors (Lipinski definition) is 5. The number of rotatable bonds is 6. The van der Waals surface area contributed by atoms with Crippen LogP contribution in [0.15, 0.2) is 30.6 Å². The third-order valence-electron chi connectivity index (χ3n) is 4.78. The number of likely N-dealkylation sites (N-methyl/N-ethyl adjacent to an activating group) is 1. The van der Waals surface area contributed by atoms with E-state index in [9.17, 15) is 0 Å². The summed E-state index contributed by atoms with van der Waals surface area (Å²) in [5, 5.41) is 0. The Kier molecular flexibility index (Phi) is 4.96. The first-order chi connectivity index (χ1) is 11.1. The molecule has 2 aliphatic heterocycles. The van der Waals surface area contributed by atoms with E-state index in [2.05, 4.69) is 58.2 Å². The molecule has 0 unspecified atom stereocenters. The first-order valence-corrected chi connectivity index (χ1v) is 8.56. The van der Waals surface area contributed by atoms with E-state index in [0.29, 0.717) is 0 Å². The van der Waals surface area contributed by atoms with Crippen molar-refractivity contribution < 1.29 is 0 Å². The summed E-state index contributed by atoms with van der Waals surface area (Å²) in [6.45, 7) is 6.48. The quantitative estimate of drug-likeness (QED) is 0.808. The molecule has 2 aliphatic rings. The van der Waals surface area contributed by atoms with E-state index in [1.165, 1.54) is 24.1 Å². The second-order valence-electron chi connectivity index (χ2n) is 6.79. The lowest BCUT2D eigenvalue weighted by molar-refractivity contribution is 0.248. The van der Waals surface area contributed by atoms with Gasteiger partial charge < -0.3 is 25.3 Å². The smallest absolute Gasteiger partial charge is 0.0891 e. The van der Waals surface area contributed by atoms with Gasteiger partial charge in [0.1, 0.15) is 0 Å². The lowest BCUT2D eigenvalue weighted by Gasteiger charge is -2.33. The fraction of sp³-hybridized carbons (Fsp3) is 0.556. The lowest BCUT2D eigenvalue weighted by Crippen LogP contribution is -2.39. The normalized spacial score (nSPS) is 17.3. The van der Waals surface area contributed by atoms with Crippen LogP contribution >= 0.6 is 0 Å². The van der Waals surface area contributed by atoms with Gasteiger partial charge in [0, 0.05) is 63.5 Å². The van der Waals surface area contributed by atoms with Crippen LogP contribution in [0.2, 0.25) is 0 Å². The van der Waals surface area contributed by atoms with Crippen LogP contribution in [0, 0.1) is 0 Å². The van der Waals surface area contributed by atoms with Gasteiger partial charge in [-0.2, -0.15) is 0 Å². The van der Waals surface area contributed by atoms with Crippen molar-refractivity contribution in [3.05, 3.63) is 36.2 Å². The van der Waals surface area contributed by atoms with Gasteiger partial charge in [-0.25, -0.2) is 0 Å². The third kappa shape index (κ3) is 4.10. The van der Waals surface area contributed by atoms with Crippen molar-refractivity contribution in [2.75, 3.05) is 64.1 Å². The molecule has 0 atom stereocenters. The van der Waals surface area contributed by atoms with Gasteiger partial charge in [-0.15, -0.1) is 0 Å². The topological polar surface area (TPSA) is 39.0 Å². The minimum absolute atomic E-state index is 0.869. The predicted molar refractivity (Wildman–Crippen MR) is 97.4 cm³/mol. The number of aryl methyl sites for hydroxylation is 1. The number of anilines is 2. The summed E-state index contributed by atoms with van der Waals surface area (Å²) < 4.78 is 0. The lowest BCUT2D eigenvalue weighted by atomic mass is 10.0. The summed E-state index contributed by atoms with van der Waals surface area (Å²) in [6, 6.07) is 6.35. The van der Waals surface area contributed by atoms with Crippen LogP contribution in [0.4, 0.5) is 11.4 Å². The van der Waals surface area contributed by atoms with Crippen LogP contribution < -0.4 is 10.6 Å². The molecule has 0 aromatic heterocycles. The zero-order valence-electron chi connectivity index (χ0n) is 14.4. The van der Waals surface area contributed by atoms with Crippen LogP contribution in [0.25, 0.3) is 0 Å². The van der Waals surface area contributed by atoms with Crippen LogP contribution in [0.5, 0.6) is 0 Å². The molecule has 0 saturated heterocycles. The molecule has 5 heteroatoms. The summed E-state index contributed by atoms with van der Waals surface area (Å²) in [7, 11) is 4.33. The second kappa shape index (κ2) is 7.13. The predicted octanol–water partition coefficient (Wildman–Crippen LogP) is 1.63. The van der Waals surface area contributed by atoms with E-state index in [1.54, 1.807) is 0 Å². The van der Waals surface area contributed by atoms with Crippen molar-refractivity contribution in [1.82, 2.24) is 14.7 Å². The molecule has 3 rings (SSSR count). The molecular weight excluding hydrogens is 286 g/mol. The maximum absolute atomic E-state index is 5.98. The van der Waals surface area contributed by atoms with Crippen LogP contribution in [-0.2, 0) is 6.42 Å². The average Bonchev–Trinajstić information content (AvgIpc) is 2.96. The Labute approximate surface area is 139 Å². The van der Waals surface area contributed by atoms with Crippen LogP contribution in [0.3, 0.4) is 0 Å². The highest BCUT2D eigenvalue weighted by Gasteiger charge is 2.17. The van der Waals surface area contributed by atoms with Gasteiger partial charge in [-0.05, 0) is 37.6 Å². The molecule has 23 heavy (non-hydrogen) atoms. The largest absolute Gasteiger partial charge is 0.399 e. The first-order valence-electron chi connectivity index (χ1n) is 8.56. The number of nitrogen functional groups attached to an aromatic ring is 1. The number of hydrogen-bond donors (Lipinski definition) is 1. The van der Waals surface area contributed by atoms with Gasteiger partial charge in [0.15, 0.2) is 0 Å². The Morgan fingerprint density at radius 2 is 2.00 bits per heavy atom. The van der Waals surface area contributed by atoms with Crippen molar-refractivity contribution in [1.29, 1.82) is 0 Å². The van der Waals surface area contributed by atoms with Gasteiger partial charge in [-0.3, -0.25) is 0 Å². The first kappa shape index (κ1) is 16.0. The van der Waals surface area contributed by atoms with Gasteiger partial charge in [0.05, 0.1) is 6.67 Å². The Morgan fingerprint density at radius 1 is 1.17 bits per heavy atom. The monoisotopic (exact) mass is 315 g/mol. The van der Waals surface area contributed by atoms with Crippen molar-refractivity contribution in [2.45, 2.75) is 12.8 Å². The van der Waals surface area contributed by atoms with Gasteiger partial charge in [0.2, 0.25) is 0 Å². The standard InChI is InChI=1S/C18H29N5/c1-20(8-11-22-12-9-21(2)15-22)10-13-23-7-3-4-16-5-6-17(19)14-18(16)23/h5-6,9,12,14H,3-4,7-8,10-11,13,15,19H2,1-2H3. The third-order valence-corrected chi connectivity index (χ3v) is 4.78. The highest BCUT2D eigenvalue weighted by molar-refractivity contribution is 5.62. The fourth-order valence-corrected chi connectivity index (χ4v) is 3.34. The molecule has 2 heterocycles. The molecule has 126 valence electrons. The average molecular weight is 315 g/mol. The highest BCUT2D eigenvalue weighted by Crippen LogP contribution is 2.28. The van der Waals surface area contributed by atoms with Crippen molar-refractivity contribution in [3.8, 4) is 0 Å². The number of fused-ring (bicyclic) bond motifs is 1. The minimum atomic E-state index is 0.869. The molecule has 2 N–H and O–H groups in total. The van der Waals surface area contributed by atoms with E-state index in [4.69, 9.17) is 5.73 Å². The van der Waals surface area contributed by atoms with E-state index < -0.39 is 0 Å². The Balaban J connectivity index is 1.47. The molecule has 0 bridgehead atoms. The molecule has 1 aromatic rings. The minimum Gasteiger partial charge on any atom is -0.399 e. The Bertz CT molecular complexity index is 556. The molecule has 0 fully saturated rings. The number of benzene rings is 1. The van der Waals surface area contributed by atoms with Gasteiger partial charge in [-0.1, -0.05) is 6.07 Å². The summed E-state index contributed by atoms with van der Waals surface area (Å²) in [6.07, 6.45) is 6.73. The van der Waals surface area contributed by atoms with Crippen molar-refractivity contribution in [3.63, 3.8) is 0 Å². The molecule has 5 nitrogen and oxygen atoms in total. The van der Waals surface area contributed by atoms with E-state index in [1.807, 2.05) is 6.07 Å². The zero-order valence-corrected chi connectivity index (χ0v) is 14.4.